The van der Waals surface area contributed by atoms with Gasteiger partial charge in [0.2, 0.25) is 11.8 Å². The lowest BCUT2D eigenvalue weighted by atomic mass is 9.96. The van der Waals surface area contributed by atoms with Gasteiger partial charge in [-0.05, 0) is 18.4 Å². The Kier molecular flexibility index (Phi) is 4.79. The van der Waals surface area contributed by atoms with E-state index in [1.165, 1.54) is 0 Å². The third kappa shape index (κ3) is 3.92. The van der Waals surface area contributed by atoms with E-state index in [0.29, 0.717) is 31.8 Å². The number of hydrogen-bond acceptors (Lipinski definition) is 6. The van der Waals surface area contributed by atoms with Crippen LogP contribution in [0.2, 0.25) is 0 Å². The van der Waals surface area contributed by atoms with Crippen molar-refractivity contribution in [2.75, 3.05) is 13.1 Å². The van der Waals surface area contributed by atoms with Gasteiger partial charge < -0.3 is 19.8 Å². The minimum absolute atomic E-state index is 0.00109. The van der Waals surface area contributed by atoms with Crippen molar-refractivity contribution in [3.8, 4) is 11.8 Å². The molecular weight excluding hydrogens is 310 g/mol. The van der Waals surface area contributed by atoms with E-state index in [4.69, 9.17) is 4.74 Å². The monoisotopic (exact) mass is 329 g/mol. The van der Waals surface area contributed by atoms with Crippen molar-refractivity contribution >= 4 is 6.09 Å². The van der Waals surface area contributed by atoms with Crippen molar-refractivity contribution in [2.24, 2.45) is 0 Å². The topological polar surface area (TPSA) is 95.8 Å². The number of carbonyl (C=O) groups is 1. The first-order valence-corrected chi connectivity index (χ1v) is 7.84. The van der Waals surface area contributed by atoms with E-state index in [-0.39, 0.29) is 30.4 Å². The molecule has 0 saturated carbocycles. The third-order valence-corrected chi connectivity index (χ3v) is 4.04. The van der Waals surface area contributed by atoms with Crippen LogP contribution in [0.1, 0.15) is 30.1 Å². The highest BCUT2D eigenvalue weighted by molar-refractivity contribution is 5.67. The van der Waals surface area contributed by atoms with Gasteiger partial charge >= 0.3 is 6.09 Å². The fraction of sp³-hybridized carbons (Fsp3) is 0.353. The van der Waals surface area contributed by atoms with Crippen molar-refractivity contribution in [3.05, 3.63) is 47.8 Å². The molecular formula is C17H19N3O4. The summed E-state index contributed by atoms with van der Waals surface area (Å²) in [6, 6.07) is 10.6. The summed E-state index contributed by atoms with van der Waals surface area (Å²) in [5.74, 6) is -0.0876. The molecule has 2 aromatic rings. The number of hydrogen-bond donors (Lipinski definition) is 2. The van der Waals surface area contributed by atoms with E-state index in [0.717, 1.165) is 11.6 Å². The Bertz CT molecular complexity index is 680. The number of benzene rings is 1. The fourth-order valence-electron chi connectivity index (χ4n) is 2.75. The highest BCUT2D eigenvalue weighted by Crippen LogP contribution is 2.28. The summed E-state index contributed by atoms with van der Waals surface area (Å²) < 4.78 is 5.32. The van der Waals surface area contributed by atoms with Crippen molar-refractivity contribution in [3.63, 3.8) is 0 Å². The van der Waals surface area contributed by atoms with Crippen LogP contribution < -0.4 is 0 Å². The van der Waals surface area contributed by atoms with Crippen LogP contribution in [0, 0.1) is 0 Å². The third-order valence-electron chi connectivity index (χ3n) is 4.04. The predicted molar refractivity (Wildman–Crippen MR) is 85.5 cm³/mol. The summed E-state index contributed by atoms with van der Waals surface area (Å²) in [5, 5.41) is 18.9. The summed E-state index contributed by atoms with van der Waals surface area (Å²) in [4.78, 5) is 21.7. The molecule has 0 radical (unpaired) electrons. The minimum Gasteiger partial charge on any atom is -0.493 e. The Morgan fingerprint density at radius 1 is 1.12 bits per heavy atom. The molecule has 7 nitrogen and oxygen atoms in total. The molecule has 1 saturated heterocycles. The molecule has 0 atom stereocenters. The van der Waals surface area contributed by atoms with Crippen molar-refractivity contribution in [2.45, 2.75) is 25.4 Å². The molecule has 1 aliphatic rings. The normalized spacial score (nSPS) is 15.2. The molecule has 1 amide bonds. The van der Waals surface area contributed by atoms with Crippen LogP contribution in [0.3, 0.4) is 0 Å². The molecule has 1 aromatic heterocycles. The lowest BCUT2D eigenvalue weighted by Crippen LogP contribution is -2.38. The molecule has 3 rings (SSSR count). The quantitative estimate of drug-likeness (QED) is 0.898. The molecule has 7 heteroatoms. The molecule has 0 spiro atoms. The number of rotatable bonds is 3. The van der Waals surface area contributed by atoms with Gasteiger partial charge in [-0.1, -0.05) is 30.3 Å². The average molecular weight is 329 g/mol. The van der Waals surface area contributed by atoms with E-state index < -0.39 is 0 Å². The van der Waals surface area contributed by atoms with E-state index in [1.807, 2.05) is 30.3 Å². The first-order valence-electron chi connectivity index (χ1n) is 7.84. The van der Waals surface area contributed by atoms with Gasteiger partial charge in [0, 0.05) is 19.0 Å². The fourth-order valence-corrected chi connectivity index (χ4v) is 2.75. The molecule has 1 aromatic carbocycles. The number of nitrogens with zero attached hydrogens (tertiary/aromatic N) is 3. The number of carbonyl (C=O) groups excluding carboxylic acids is 1. The van der Waals surface area contributed by atoms with Gasteiger partial charge in [0.15, 0.2) is 0 Å². The first kappa shape index (κ1) is 16.0. The Labute approximate surface area is 139 Å². The highest BCUT2D eigenvalue weighted by Gasteiger charge is 2.27. The summed E-state index contributed by atoms with van der Waals surface area (Å²) >= 11 is 0. The lowest BCUT2D eigenvalue weighted by molar-refractivity contribution is 0.0865. The van der Waals surface area contributed by atoms with Crippen LogP contribution in [0.15, 0.2) is 36.4 Å². The summed E-state index contributed by atoms with van der Waals surface area (Å²) in [5.41, 5.74) is 0.948. The predicted octanol–water partition coefficient (Wildman–Crippen LogP) is 2.40. The van der Waals surface area contributed by atoms with Gasteiger partial charge in [-0.25, -0.2) is 4.79 Å². The van der Waals surface area contributed by atoms with Crippen LogP contribution in [0.25, 0.3) is 0 Å². The lowest BCUT2D eigenvalue weighted by Gasteiger charge is -2.30. The maximum Gasteiger partial charge on any atom is 0.410 e. The molecule has 1 fully saturated rings. The Morgan fingerprint density at radius 3 is 2.38 bits per heavy atom. The second kappa shape index (κ2) is 7.16. The smallest absolute Gasteiger partial charge is 0.410 e. The molecule has 24 heavy (non-hydrogen) atoms. The second-order valence-electron chi connectivity index (χ2n) is 5.74. The van der Waals surface area contributed by atoms with Crippen molar-refractivity contribution < 1.29 is 19.7 Å². The van der Waals surface area contributed by atoms with Gasteiger partial charge in [0.1, 0.15) is 12.4 Å². The molecule has 126 valence electrons. The standard InChI is InChI=1S/C17H19N3O4/c21-14-10-15(22)19-16(18-14)13-6-8-20(9-7-13)17(23)24-11-12-4-2-1-3-5-12/h1-5,10,13H,6-9,11H2,(H2,18,19,21,22). The molecule has 2 N–H and O–H groups in total. The number of piperidine rings is 1. The van der Waals surface area contributed by atoms with Gasteiger partial charge in [0.05, 0.1) is 6.07 Å². The van der Waals surface area contributed by atoms with E-state index in [1.54, 1.807) is 4.90 Å². The Hall–Kier alpha value is -2.83. The first-order chi connectivity index (χ1) is 11.6. The largest absolute Gasteiger partial charge is 0.493 e. The maximum absolute atomic E-state index is 12.1. The van der Waals surface area contributed by atoms with E-state index in [2.05, 4.69) is 9.97 Å². The SMILES string of the molecule is O=C(OCc1ccccc1)N1CCC(c2nc(O)cc(O)n2)CC1. The molecule has 1 aliphatic heterocycles. The van der Waals surface area contributed by atoms with Gasteiger partial charge in [0.25, 0.3) is 0 Å². The van der Waals surface area contributed by atoms with Crippen LogP contribution in [0.5, 0.6) is 11.8 Å². The highest BCUT2D eigenvalue weighted by atomic mass is 16.6. The summed E-state index contributed by atoms with van der Waals surface area (Å²) in [6.45, 7) is 1.30. The van der Waals surface area contributed by atoms with Crippen LogP contribution in [0.4, 0.5) is 4.79 Å². The zero-order valence-corrected chi connectivity index (χ0v) is 13.1. The second-order valence-corrected chi connectivity index (χ2v) is 5.74. The average Bonchev–Trinajstić information content (AvgIpc) is 2.60. The van der Waals surface area contributed by atoms with Gasteiger partial charge in [-0.3, -0.25) is 0 Å². The zero-order chi connectivity index (χ0) is 16.9. The Balaban J connectivity index is 1.52. The molecule has 0 unspecified atom stereocenters. The number of ether oxygens (including phenoxy) is 1. The number of aromatic hydroxyl groups is 2. The van der Waals surface area contributed by atoms with Gasteiger partial charge in [-0.15, -0.1) is 0 Å². The van der Waals surface area contributed by atoms with Crippen LogP contribution in [-0.2, 0) is 11.3 Å². The van der Waals surface area contributed by atoms with Crippen molar-refractivity contribution in [1.29, 1.82) is 0 Å². The van der Waals surface area contributed by atoms with E-state index >= 15 is 0 Å². The number of likely N-dealkylation sites (tertiary alicyclic amines) is 1. The van der Waals surface area contributed by atoms with Crippen LogP contribution in [-0.4, -0.2) is 44.3 Å². The number of aromatic nitrogens is 2. The van der Waals surface area contributed by atoms with Crippen molar-refractivity contribution in [1.82, 2.24) is 14.9 Å². The molecule has 2 heterocycles. The molecule has 0 aliphatic carbocycles. The zero-order valence-electron chi connectivity index (χ0n) is 13.1. The maximum atomic E-state index is 12.1. The summed E-state index contributed by atoms with van der Waals surface area (Å²) in [7, 11) is 0. The van der Waals surface area contributed by atoms with E-state index in [9.17, 15) is 15.0 Å². The van der Waals surface area contributed by atoms with Crippen LogP contribution >= 0.6 is 0 Å². The molecule has 0 bridgehead atoms. The van der Waals surface area contributed by atoms with Gasteiger partial charge in [-0.2, -0.15) is 9.97 Å². The Morgan fingerprint density at radius 2 is 1.75 bits per heavy atom. The summed E-state index contributed by atoms with van der Waals surface area (Å²) in [6.07, 6.45) is 0.976. The minimum atomic E-state index is -0.336. The number of amides is 1.